The standard InChI is InChI=1S/C22H22ClFN4O5S/c1-11-5-7-15(24)19(12(11)2)13(3)20(21-25-26-22(30)33-21)28-10-18(29)27(4)16-9-14(23)6-8-17(16)34(28,31)32/h5-9,13,20H,10H2,1-4H3,(H,26,30)/t13-,20+/m1/s1. The van der Waals surface area contributed by atoms with E-state index in [1.165, 1.54) is 36.2 Å². The first-order valence-corrected chi connectivity index (χ1v) is 12.1. The third-order valence-electron chi connectivity index (χ3n) is 6.21. The van der Waals surface area contributed by atoms with Crippen LogP contribution in [0.3, 0.4) is 0 Å². The molecule has 0 radical (unpaired) electrons. The van der Waals surface area contributed by atoms with Crippen LogP contribution in [0.5, 0.6) is 0 Å². The molecule has 180 valence electrons. The van der Waals surface area contributed by atoms with Gasteiger partial charge < -0.3 is 9.32 Å². The van der Waals surface area contributed by atoms with E-state index >= 15 is 4.39 Å². The zero-order valence-corrected chi connectivity index (χ0v) is 20.4. The molecule has 2 heterocycles. The number of rotatable bonds is 4. The van der Waals surface area contributed by atoms with E-state index in [1.807, 2.05) is 0 Å². The summed E-state index contributed by atoms with van der Waals surface area (Å²) in [6.45, 7) is 4.52. The Morgan fingerprint density at radius 3 is 2.56 bits per heavy atom. The Morgan fingerprint density at radius 2 is 1.91 bits per heavy atom. The number of aryl methyl sites for hydroxylation is 1. The van der Waals surface area contributed by atoms with Crippen molar-refractivity contribution in [2.24, 2.45) is 0 Å². The van der Waals surface area contributed by atoms with Crippen molar-refractivity contribution in [1.82, 2.24) is 14.5 Å². The van der Waals surface area contributed by atoms with Crippen LogP contribution in [0, 0.1) is 19.7 Å². The first-order chi connectivity index (χ1) is 15.9. The summed E-state index contributed by atoms with van der Waals surface area (Å²) in [6.07, 6.45) is 0. The third kappa shape index (κ3) is 3.93. The Labute approximate surface area is 200 Å². The maximum atomic E-state index is 15.0. The Kier molecular flexibility index (Phi) is 6.13. The maximum absolute atomic E-state index is 15.0. The average Bonchev–Trinajstić information content (AvgIpc) is 3.18. The molecule has 1 aromatic heterocycles. The highest BCUT2D eigenvalue weighted by atomic mass is 35.5. The number of anilines is 1. The van der Waals surface area contributed by atoms with Gasteiger partial charge in [-0.15, -0.1) is 5.10 Å². The van der Waals surface area contributed by atoms with Crippen molar-refractivity contribution in [2.45, 2.75) is 37.6 Å². The minimum atomic E-state index is -4.36. The summed E-state index contributed by atoms with van der Waals surface area (Å²) >= 11 is 6.06. The molecular weight excluding hydrogens is 487 g/mol. The third-order valence-corrected chi connectivity index (χ3v) is 8.32. The number of amides is 1. The monoisotopic (exact) mass is 508 g/mol. The minimum absolute atomic E-state index is 0.104. The van der Waals surface area contributed by atoms with Crippen molar-refractivity contribution in [2.75, 3.05) is 18.5 Å². The van der Waals surface area contributed by atoms with E-state index in [0.29, 0.717) is 5.56 Å². The molecule has 0 saturated heterocycles. The van der Waals surface area contributed by atoms with Gasteiger partial charge in [-0.25, -0.2) is 22.7 Å². The molecule has 2 aromatic carbocycles. The molecule has 9 nitrogen and oxygen atoms in total. The second kappa shape index (κ2) is 8.64. The van der Waals surface area contributed by atoms with Crippen LogP contribution in [-0.4, -0.2) is 42.4 Å². The second-order valence-electron chi connectivity index (χ2n) is 8.20. The second-order valence-corrected chi connectivity index (χ2v) is 10.5. The fraction of sp³-hybridized carbons (Fsp3) is 0.318. The lowest BCUT2D eigenvalue weighted by Gasteiger charge is -2.32. The van der Waals surface area contributed by atoms with E-state index in [1.54, 1.807) is 26.8 Å². The van der Waals surface area contributed by atoms with Crippen molar-refractivity contribution >= 4 is 33.2 Å². The maximum Gasteiger partial charge on any atom is 0.434 e. The smallest absolute Gasteiger partial charge is 0.391 e. The summed E-state index contributed by atoms with van der Waals surface area (Å²) in [5.41, 5.74) is 1.73. The lowest BCUT2D eigenvalue weighted by atomic mass is 9.87. The molecule has 3 aromatic rings. The molecule has 0 bridgehead atoms. The summed E-state index contributed by atoms with van der Waals surface area (Å²) in [5.74, 6) is -3.18. The molecule has 0 unspecified atom stereocenters. The number of nitrogens with one attached hydrogen (secondary N) is 1. The van der Waals surface area contributed by atoms with Gasteiger partial charge in [-0.3, -0.25) is 4.79 Å². The van der Waals surface area contributed by atoms with E-state index in [-0.39, 0.29) is 27.1 Å². The summed E-state index contributed by atoms with van der Waals surface area (Å²) in [7, 11) is -2.92. The summed E-state index contributed by atoms with van der Waals surface area (Å²) < 4.78 is 48.8. The fourth-order valence-electron chi connectivity index (χ4n) is 4.28. The zero-order valence-electron chi connectivity index (χ0n) is 18.8. The molecule has 2 atom stereocenters. The molecule has 1 N–H and O–H groups in total. The van der Waals surface area contributed by atoms with Crippen LogP contribution in [0.25, 0.3) is 0 Å². The van der Waals surface area contributed by atoms with Gasteiger partial charge in [-0.1, -0.05) is 24.6 Å². The number of hydrogen-bond acceptors (Lipinski definition) is 6. The number of benzene rings is 2. The summed E-state index contributed by atoms with van der Waals surface area (Å²) in [5, 5.41) is 6.23. The quantitative estimate of drug-likeness (QED) is 0.578. The van der Waals surface area contributed by atoms with Crippen LogP contribution in [0.2, 0.25) is 5.02 Å². The number of hydrogen-bond donors (Lipinski definition) is 1. The predicted molar refractivity (Wildman–Crippen MR) is 123 cm³/mol. The number of carbonyl (C=O) groups excluding carboxylic acids is 1. The van der Waals surface area contributed by atoms with Gasteiger partial charge in [0.25, 0.3) is 0 Å². The molecule has 34 heavy (non-hydrogen) atoms. The van der Waals surface area contributed by atoms with Crippen LogP contribution in [-0.2, 0) is 14.8 Å². The number of fused-ring (bicyclic) bond motifs is 1. The van der Waals surface area contributed by atoms with Crippen LogP contribution < -0.4 is 10.7 Å². The van der Waals surface area contributed by atoms with Gasteiger partial charge in [0.05, 0.1) is 12.2 Å². The Bertz CT molecular complexity index is 1450. The molecule has 0 saturated carbocycles. The Balaban J connectivity index is 1.97. The molecule has 0 spiro atoms. The number of nitrogens with zero attached hydrogens (tertiary/aromatic N) is 3. The first-order valence-electron chi connectivity index (χ1n) is 10.3. The van der Waals surface area contributed by atoms with Crippen molar-refractivity contribution in [1.29, 1.82) is 0 Å². The van der Waals surface area contributed by atoms with Crippen molar-refractivity contribution in [3.8, 4) is 0 Å². The lowest BCUT2D eigenvalue weighted by Crippen LogP contribution is -2.42. The number of halogens is 2. The highest BCUT2D eigenvalue weighted by molar-refractivity contribution is 7.89. The molecule has 4 rings (SSSR count). The van der Waals surface area contributed by atoms with Crippen LogP contribution in [0.1, 0.15) is 41.5 Å². The van der Waals surface area contributed by atoms with E-state index < -0.39 is 46.0 Å². The molecule has 0 aliphatic carbocycles. The van der Waals surface area contributed by atoms with Gasteiger partial charge in [0.1, 0.15) is 16.8 Å². The number of carbonyl (C=O) groups is 1. The Morgan fingerprint density at radius 1 is 1.21 bits per heavy atom. The van der Waals surface area contributed by atoms with E-state index in [0.717, 1.165) is 9.87 Å². The molecule has 0 fully saturated rings. The fourth-order valence-corrected chi connectivity index (χ4v) is 6.25. The summed E-state index contributed by atoms with van der Waals surface area (Å²) in [4.78, 5) is 25.9. The highest BCUT2D eigenvalue weighted by Gasteiger charge is 2.45. The normalized spacial score (nSPS) is 17.8. The first kappa shape index (κ1) is 24.1. The molecule has 12 heteroatoms. The van der Waals surface area contributed by atoms with Crippen molar-refractivity contribution < 1.29 is 22.0 Å². The number of aromatic nitrogens is 2. The van der Waals surface area contributed by atoms with Gasteiger partial charge in [-0.05, 0) is 54.8 Å². The van der Waals surface area contributed by atoms with Crippen molar-refractivity contribution in [3.05, 3.63) is 74.3 Å². The van der Waals surface area contributed by atoms with E-state index in [4.69, 9.17) is 16.0 Å². The number of likely N-dealkylation sites (N-methyl/N-ethyl adjacent to an activating group) is 1. The van der Waals surface area contributed by atoms with Crippen molar-refractivity contribution in [3.63, 3.8) is 0 Å². The zero-order chi connectivity index (χ0) is 24.9. The molecule has 1 aliphatic heterocycles. The highest BCUT2D eigenvalue weighted by Crippen LogP contribution is 2.43. The topological polar surface area (TPSA) is 117 Å². The minimum Gasteiger partial charge on any atom is -0.391 e. The van der Waals surface area contributed by atoms with Gasteiger partial charge in [0.2, 0.25) is 21.8 Å². The average molecular weight is 509 g/mol. The molecule has 1 aliphatic rings. The largest absolute Gasteiger partial charge is 0.434 e. The SMILES string of the molecule is Cc1ccc(F)c([C@@H](C)[C@@H](c2n[nH]c(=O)o2)N2CC(=O)N(C)c3cc(Cl)ccc3S2(=O)=O)c1C. The van der Waals surface area contributed by atoms with Gasteiger partial charge in [0.15, 0.2) is 0 Å². The predicted octanol–water partition coefficient (Wildman–Crippen LogP) is 3.28. The number of H-pyrrole nitrogens is 1. The van der Waals surface area contributed by atoms with Crippen LogP contribution in [0.15, 0.2) is 44.4 Å². The summed E-state index contributed by atoms with van der Waals surface area (Å²) in [6, 6.07) is 5.68. The lowest BCUT2D eigenvalue weighted by molar-refractivity contribution is -0.118. The van der Waals surface area contributed by atoms with Crippen LogP contribution in [0.4, 0.5) is 10.1 Å². The van der Waals surface area contributed by atoms with E-state index in [2.05, 4.69) is 10.2 Å². The number of sulfonamides is 1. The van der Waals surface area contributed by atoms with Gasteiger partial charge in [-0.2, -0.15) is 4.31 Å². The Hall–Kier alpha value is -3.02. The molecular formula is C22H22ClFN4O5S. The number of aromatic amines is 1. The van der Waals surface area contributed by atoms with Gasteiger partial charge in [0, 0.05) is 18.0 Å². The van der Waals surface area contributed by atoms with Gasteiger partial charge >= 0.3 is 5.76 Å². The van der Waals surface area contributed by atoms with Crippen LogP contribution >= 0.6 is 11.6 Å². The molecule has 1 amide bonds. The van der Waals surface area contributed by atoms with E-state index in [9.17, 15) is 18.0 Å².